The van der Waals surface area contributed by atoms with E-state index in [1.54, 1.807) is 12.1 Å². The van der Waals surface area contributed by atoms with Crippen molar-refractivity contribution in [3.63, 3.8) is 0 Å². The van der Waals surface area contributed by atoms with Gasteiger partial charge in [-0.25, -0.2) is 0 Å². The van der Waals surface area contributed by atoms with Gasteiger partial charge in [0.25, 0.3) is 17.0 Å². The van der Waals surface area contributed by atoms with E-state index in [-0.39, 0.29) is 18.4 Å². The summed E-state index contributed by atoms with van der Waals surface area (Å²) in [6.07, 6.45) is 4.38. The van der Waals surface area contributed by atoms with Crippen molar-refractivity contribution in [1.82, 2.24) is 15.1 Å². The molecule has 0 saturated carbocycles. The number of rotatable bonds is 7. The van der Waals surface area contributed by atoms with E-state index >= 15 is 0 Å². The lowest BCUT2D eigenvalue weighted by Crippen LogP contribution is -2.41. The number of hydrogen-bond donors (Lipinski definition) is 0. The molecule has 1 aliphatic heterocycles. The fourth-order valence-electron chi connectivity index (χ4n) is 3.76. The highest BCUT2D eigenvalue weighted by molar-refractivity contribution is 7.99. The summed E-state index contributed by atoms with van der Waals surface area (Å²) in [5.74, 6) is 0.511. The molecule has 4 aromatic rings. The molecule has 1 aromatic heterocycles. The maximum atomic E-state index is 13.0. The minimum atomic E-state index is -0.292. The Morgan fingerprint density at radius 2 is 1.59 bits per heavy atom. The molecular weight excluding hydrogens is 422 g/mol. The van der Waals surface area contributed by atoms with Crippen molar-refractivity contribution in [1.29, 1.82) is 0 Å². The number of carbonyl (C=O) groups excluding carboxylic acids is 2. The van der Waals surface area contributed by atoms with Gasteiger partial charge < -0.3 is 4.42 Å². The van der Waals surface area contributed by atoms with E-state index in [0.717, 1.165) is 16.3 Å². The van der Waals surface area contributed by atoms with E-state index in [1.165, 1.54) is 16.7 Å². The van der Waals surface area contributed by atoms with Gasteiger partial charge in [0.05, 0.1) is 0 Å². The number of nitrogens with zero attached hydrogens (tertiary/aromatic N) is 3. The standard InChI is InChI=1S/C25H19N3O3S/c29-23-19-12-4-10-18-11-5-13-20(22(18)19)24(30)28(23)15-14-21-26-27-25(31-21)32-16-6-9-17-7-2-1-3-8-17/h1-13H,14-16H2/b9-6+. The molecule has 158 valence electrons. The largest absolute Gasteiger partial charge is 0.416 e. The number of benzene rings is 3. The zero-order valence-electron chi connectivity index (χ0n) is 17.1. The van der Waals surface area contributed by atoms with E-state index < -0.39 is 0 Å². The number of aromatic nitrogens is 2. The molecule has 32 heavy (non-hydrogen) atoms. The molecule has 0 spiro atoms. The van der Waals surface area contributed by atoms with Crippen LogP contribution >= 0.6 is 11.8 Å². The van der Waals surface area contributed by atoms with Crippen molar-refractivity contribution < 1.29 is 14.0 Å². The summed E-state index contributed by atoms with van der Waals surface area (Å²) in [4.78, 5) is 27.2. The quantitative estimate of drug-likeness (QED) is 0.301. The van der Waals surface area contributed by atoms with Gasteiger partial charge in [0.15, 0.2) is 0 Å². The molecular formula is C25H19N3O3S. The second kappa shape index (κ2) is 8.80. The highest BCUT2D eigenvalue weighted by atomic mass is 32.2. The van der Waals surface area contributed by atoms with Crippen LogP contribution in [0.15, 0.2) is 82.4 Å². The highest BCUT2D eigenvalue weighted by Gasteiger charge is 2.32. The summed E-state index contributed by atoms with van der Waals surface area (Å²) in [6.45, 7) is 0.183. The Kier molecular flexibility index (Phi) is 5.56. The molecule has 2 heterocycles. The Hall–Kier alpha value is -3.71. The first-order chi connectivity index (χ1) is 15.7. The molecule has 0 atom stereocenters. The van der Waals surface area contributed by atoms with E-state index in [0.29, 0.717) is 34.4 Å². The molecule has 0 radical (unpaired) electrons. The predicted octanol–water partition coefficient (Wildman–Crippen LogP) is 4.87. The van der Waals surface area contributed by atoms with Gasteiger partial charge in [0.1, 0.15) is 0 Å². The first kappa shape index (κ1) is 20.2. The van der Waals surface area contributed by atoms with E-state index in [9.17, 15) is 9.59 Å². The normalized spacial score (nSPS) is 13.4. The summed E-state index contributed by atoms with van der Waals surface area (Å²) >= 11 is 1.44. The predicted molar refractivity (Wildman–Crippen MR) is 124 cm³/mol. The highest BCUT2D eigenvalue weighted by Crippen LogP contribution is 2.30. The molecule has 1 aliphatic rings. The van der Waals surface area contributed by atoms with Crippen molar-refractivity contribution in [2.45, 2.75) is 11.6 Å². The van der Waals surface area contributed by atoms with E-state index in [2.05, 4.69) is 10.2 Å². The summed E-state index contributed by atoms with van der Waals surface area (Å²) in [7, 11) is 0. The van der Waals surface area contributed by atoms with E-state index in [4.69, 9.17) is 4.42 Å². The van der Waals surface area contributed by atoms with Crippen molar-refractivity contribution in [3.8, 4) is 0 Å². The van der Waals surface area contributed by atoms with Gasteiger partial charge in [-0.2, -0.15) is 0 Å². The number of carbonyl (C=O) groups is 2. The average molecular weight is 442 g/mol. The van der Waals surface area contributed by atoms with Gasteiger partial charge in [-0.3, -0.25) is 14.5 Å². The third-order valence-corrected chi connectivity index (χ3v) is 6.04. The maximum absolute atomic E-state index is 13.0. The molecule has 6 nitrogen and oxygen atoms in total. The molecule has 0 N–H and O–H groups in total. The van der Waals surface area contributed by atoms with Crippen LogP contribution in [0.2, 0.25) is 0 Å². The molecule has 7 heteroatoms. The van der Waals surface area contributed by atoms with Crippen LogP contribution in [-0.2, 0) is 6.42 Å². The lowest BCUT2D eigenvalue weighted by molar-refractivity contribution is 0.0610. The second-order valence-electron chi connectivity index (χ2n) is 7.31. The molecule has 2 amide bonds. The summed E-state index contributed by atoms with van der Waals surface area (Å²) < 4.78 is 5.68. The third-order valence-electron chi connectivity index (χ3n) is 5.27. The summed E-state index contributed by atoms with van der Waals surface area (Å²) in [6, 6.07) is 21.1. The molecule has 0 saturated heterocycles. The molecule has 0 fully saturated rings. The lowest BCUT2D eigenvalue weighted by Gasteiger charge is -2.26. The van der Waals surface area contributed by atoms with Crippen LogP contribution in [0.5, 0.6) is 0 Å². The zero-order valence-corrected chi connectivity index (χ0v) is 17.9. The van der Waals surface area contributed by atoms with Gasteiger partial charge in [0.2, 0.25) is 5.89 Å². The molecule has 0 bridgehead atoms. The average Bonchev–Trinajstić information content (AvgIpc) is 3.28. The van der Waals surface area contributed by atoms with Gasteiger partial charge in [-0.15, -0.1) is 10.2 Å². The van der Waals surface area contributed by atoms with Gasteiger partial charge in [-0.05, 0) is 23.1 Å². The van der Waals surface area contributed by atoms with Crippen molar-refractivity contribution in [2.75, 3.05) is 12.3 Å². The molecule has 5 rings (SSSR count). The van der Waals surface area contributed by atoms with Crippen LogP contribution in [0.25, 0.3) is 16.8 Å². The van der Waals surface area contributed by atoms with Crippen molar-refractivity contribution in [2.24, 2.45) is 0 Å². The van der Waals surface area contributed by atoms with E-state index in [1.807, 2.05) is 66.7 Å². The third kappa shape index (κ3) is 3.94. The topological polar surface area (TPSA) is 76.3 Å². The van der Waals surface area contributed by atoms with Gasteiger partial charge >= 0.3 is 0 Å². The number of amides is 2. The van der Waals surface area contributed by atoms with Crippen LogP contribution < -0.4 is 0 Å². The molecule has 3 aromatic carbocycles. The van der Waals surface area contributed by atoms with Crippen LogP contribution in [-0.4, -0.2) is 39.2 Å². The Morgan fingerprint density at radius 3 is 2.31 bits per heavy atom. The Balaban J connectivity index is 1.22. The van der Waals surface area contributed by atoms with Crippen LogP contribution in [0.1, 0.15) is 32.2 Å². The SMILES string of the molecule is O=C1c2cccc3cccc(c23)C(=O)N1CCc1nnc(SC/C=C/c2ccccc2)o1. The molecule has 0 aliphatic carbocycles. The summed E-state index contributed by atoms with van der Waals surface area (Å²) in [5.41, 5.74) is 2.22. The smallest absolute Gasteiger partial charge is 0.276 e. The monoisotopic (exact) mass is 441 g/mol. The van der Waals surface area contributed by atoms with Crippen molar-refractivity contribution in [3.05, 3.63) is 95.4 Å². The van der Waals surface area contributed by atoms with Gasteiger partial charge in [0, 0.05) is 35.2 Å². The Morgan fingerprint density at radius 1 is 0.875 bits per heavy atom. The lowest BCUT2D eigenvalue weighted by atomic mass is 9.94. The summed E-state index contributed by atoms with van der Waals surface area (Å²) in [5, 5.41) is 10.2. The van der Waals surface area contributed by atoms with Crippen molar-refractivity contribution >= 4 is 40.4 Å². The fourth-order valence-corrected chi connectivity index (χ4v) is 4.35. The van der Waals surface area contributed by atoms with Crippen LogP contribution in [0.4, 0.5) is 0 Å². The first-order valence-corrected chi connectivity index (χ1v) is 11.2. The molecule has 0 unspecified atom stereocenters. The maximum Gasteiger partial charge on any atom is 0.276 e. The fraction of sp³-hybridized carbons (Fsp3) is 0.120. The first-order valence-electron chi connectivity index (χ1n) is 10.3. The minimum absolute atomic E-state index is 0.183. The van der Waals surface area contributed by atoms with Crippen LogP contribution in [0, 0.1) is 0 Å². The van der Waals surface area contributed by atoms with Gasteiger partial charge in [-0.1, -0.05) is 78.5 Å². The second-order valence-corrected chi connectivity index (χ2v) is 8.28. The Bertz CT molecular complexity index is 1280. The zero-order chi connectivity index (χ0) is 21.9. The number of imide groups is 1. The van der Waals surface area contributed by atoms with Crippen LogP contribution in [0.3, 0.4) is 0 Å². The minimum Gasteiger partial charge on any atom is -0.416 e. The Labute approximate surface area is 188 Å². The number of hydrogen-bond acceptors (Lipinski definition) is 6. The number of thioether (sulfide) groups is 1.